The molecule has 5 aromatic rings. The van der Waals surface area contributed by atoms with Gasteiger partial charge in [-0.1, -0.05) is 120 Å². The molecule has 0 bridgehead atoms. The molecule has 3 nitrogen and oxygen atoms in total. The molecule has 1 unspecified atom stereocenters. The quantitative estimate of drug-likeness (QED) is 0.181. The van der Waals surface area contributed by atoms with E-state index in [1.165, 1.54) is 0 Å². The van der Waals surface area contributed by atoms with Gasteiger partial charge in [0, 0.05) is 0 Å². The van der Waals surface area contributed by atoms with Crippen molar-refractivity contribution in [2.24, 2.45) is 0 Å². The Kier molecular flexibility index (Phi) is 6.98. The van der Waals surface area contributed by atoms with Gasteiger partial charge in [-0.15, -0.1) is 0 Å². The first-order valence-electron chi connectivity index (χ1n) is 11.1. The van der Waals surface area contributed by atoms with Gasteiger partial charge in [0.25, 0.3) is 0 Å². The summed E-state index contributed by atoms with van der Waals surface area (Å²) in [6.45, 7) is 0. The molecule has 1 aromatic heterocycles. The third-order valence-electron chi connectivity index (χ3n) is 6.05. The topological polar surface area (TPSA) is 51.7 Å². The van der Waals surface area contributed by atoms with E-state index in [4.69, 9.17) is 28.2 Å². The second-order valence-electron chi connectivity index (χ2n) is 8.15. The minimum Gasteiger partial charge on any atom is -0.611 e. The van der Waals surface area contributed by atoms with Gasteiger partial charge in [0.2, 0.25) is 0 Å². The minimum atomic E-state index is -1.39. The molecular weight excluding hydrogens is 495 g/mol. The SMILES string of the molecule is [O-][S+](Cc1cnc(C(c2ccccc2)(c2ccccc2)c2ccccc2)[nH]1)c1cccc(Cl)c1Cl. The van der Waals surface area contributed by atoms with Crippen LogP contribution in [0, 0.1) is 0 Å². The van der Waals surface area contributed by atoms with Crippen molar-refractivity contribution in [3.63, 3.8) is 0 Å². The normalized spacial score (nSPS) is 12.4. The lowest BCUT2D eigenvalue weighted by molar-refractivity contribution is 0.593. The Morgan fingerprint density at radius 1 is 0.714 bits per heavy atom. The van der Waals surface area contributed by atoms with E-state index in [0.29, 0.717) is 14.9 Å². The Labute approximate surface area is 218 Å². The summed E-state index contributed by atoms with van der Waals surface area (Å²) in [5.41, 5.74) is 3.31. The fourth-order valence-electron chi connectivity index (χ4n) is 4.48. The summed E-state index contributed by atoms with van der Waals surface area (Å²) in [6.07, 6.45) is 1.76. The summed E-state index contributed by atoms with van der Waals surface area (Å²) in [6, 6.07) is 36.1. The molecule has 0 saturated carbocycles. The Bertz CT molecular complexity index is 1310. The van der Waals surface area contributed by atoms with Crippen LogP contribution in [0.25, 0.3) is 0 Å². The van der Waals surface area contributed by atoms with Crippen molar-refractivity contribution in [1.82, 2.24) is 9.97 Å². The van der Waals surface area contributed by atoms with Crippen LogP contribution >= 0.6 is 23.2 Å². The highest BCUT2D eigenvalue weighted by Crippen LogP contribution is 2.43. The Morgan fingerprint density at radius 2 is 1.23 bits per heavy atom. The van der Waals surface area contributed by atoms with Crippen molar-refractivity contribution >= 4 is 34.4 Å². The first kappa shape index (κ1) is 23.7. The van der Waals surface area contributed by atoms with Crippen molar-refractivity contribution < 1.29 is 4.55 Å². The second kappa shape index (κ2) is 10.3. The van der Waals surface area contributed by atoms with Gasteiger partial charge in [-0.25, -0.2) is 4.98 Å². The maximum atomic E-state index is 13.2. The molecule has 0 aliphatic rings. The zero-order chi connectivity index (χ0) is 24.3. The smallest absolute Gasteiger partial charge is 0.173 e. The molecule has 0 radical (unpaired) electrons. The van der Waals surface area contributed by atoms with Gasteiger partial charge >= 0.3 is 0 Å². The van der Waals surface area contributed by atoms with Crippen LogP contribution in [0.4, 0.5) is 0 Å². The maximum absolute atomic E-state index is 13.2. The zero-order valence-electron chi connectivity index (χ0n) is 18.7. The summed E-state index contributed by atoms with van der Waals surface area (Å²) in [7, 11) is 0. The Hall–Kier alpha value is -3.02. The number of H-pyrrole nitrogens is 1. The van der Waals surface area contributed by atoms with Gasteiger partial charge in [0.05, 0.1) is 16.9 Å². The van der Waals surface area contributed by atoms with E-state index in [0.717, 1.165) is 28.2 Å². The summed E-state index contributed by atoms with van der Waals surface area (Å²) >= 11 is 11.1. The summed E-state index contributed by atoms with van der Waals surface area (Å²) in [4.78, 5) is 8.87. The van der Waals surface area contributed by atoms with Crippen molar-refractivity contribution in [2.45, 2.75) is 16.1 Å². The number of imidazole rings is 1. The van der Waals surface area contributed by atoms with Crippen LogP contribution in [-0.4, -0.2) is 14.5 Å². The van der Waals surface area contributed by atoms with E-state index in [-0.39, 0.29) is 5.75 Å². The van der Waals surface area contributed by atoms with E-state index >= 15 is 0 Å². The van der Waals surface area contributed by atoms with Gasteiger partial charge in [-0.3, -0.25) is 0 Å². The molecule has 0 saturated heterocycles. The molecular formula is C29H22Cl2N2OS. The van der Waals surface area contributed by atoms with Crippen molar-refractivity contribution in [3.05, 3.63) is 154 Å². The molecule has 1 N–H and O–H groups in total. The predicted octanol–water partition coefficient (Wildman–Crippen LogP) is 7.41. The lowest BCUT2D eigenvalue weighted by Gasteiger charge is -2.34. The number of rotatable bonds is 7. The van der Waals surface area contributed by atoms with Crippen LogP contribution in [-0.2, 0) is 22.3 Å². The van der Waals surface area contributed by atoms with E-state index in [9.17, 15) is 4.55 Å². The molecule has 4 aromatic carbocycles. The number of hydrogen-bond acceptors (Lipinski definition) is 2. The third-order valence-corrected chi connectivity index (χ3v) is 8.39. The molecule has 0 spiro atoms. The average molecular weight is 517 g/mol. The number of nitrogens with zero attached hydrogens (tertiary/aromatic N) is 1. The van der Waals surface area contributed by atoms with Gasteiger partial charge in [-0.05, 0) is 40.0 Å². The largest absolute Gasteiger partial charge is 0.611 e. The average Bonchev–Trinajstić information content (AvgIpc) is 3.36. The number of nitrogens with one attached hydrogen (secondary N) is 1. The van der Waals surface area contributed by atoms with Crippen LogP contribution in [0.5, 0.6) is 0 Å². The fourth-order valence-corrected chi connectivity index (χ4v) is 6.22. The number of aromatic nitrogens is 2. The molecule has 0 aliphatic carbocycles. The predicted molar refractivity (Wildman–Crippen MR) is 143 cm³/mol. The van der Waals surface area contributed by atoms with E-state index in [1.54, 1.807) is 24.4 Å². The van der Waals surface area contributed by atoms with Gasteiger partial charge < -0.3 is 9.54 Å². The zero-order valence-corrected chi connectivity index (χ0v) is 21.0. The standard InChI is InChI=1S/C29H22Cl2N2OS/c30-25-17-10-18-26(27(25)31)35(34)20-24-19-32-28(33-24)29(21-11-4-1-5-12-21,22-13-6-2-7-14-22)23-15-8-3-9-16-23/h1-19H,20H2,(H,32,33). The number of aromatic amines is 1. The second-order valence-corrected chi connectivity index (χ2v) is 10.4. The summed E-state index contributed by atoms with van der Waals surface area (Å²) < 4.78 is 13.2. The molecule has 1 atom stereocenters. The third kappa shape index (κ3) is 4.51. The van der Waals surface area contributed by atoms with Crippen molar-refractivity contribution in [2.75, 3.05) is 0 Å². The molecule has 0 amide bonds. The highest BCUT2D eigenvalue weighted by Gasteiger charge is 2.41. The summed E-state index contributed by atoms with van der Waals surface area (Å²) in [5, 5.41) is 0.707. The number of halogens is 2. The molecule has 174 valence electrons. The first-order valence-corrected chi connectivity index (χ1v) is 13.2. The van der Waals surface area contributed by atoms with Gasteiger partial charge in [0.15, 0.2) is 10.6 Å². The highest BCUT2D eigenvalue weighted by atomic mass is 35.5. The molecule has 35 heavy (non-hydrogen) atoms. The Balaban J connectivity index is 1.64. The highest BCUT2D eigenvalue weighted by molar-refractivity contribution is 7.90. The number of hydrogen-bond donors (Lipinski definition) is 1. The van der Waals surface area contributed by atoms with Crippen molar-refractivity contribution in [1.29, 1.82) is 0 Å². The van der Waals surface area contributed by atoms with E-state index < -0.39 is 16.6 Å². The lowest BCUT2D eigenvalue weighted by atomic mass is 9.69. The van der Waals surface area contributed by atoms with Crippen LogP contribution in [0.15, 0.2) is 120 Å². The molecule has 0 fully saturated rings. The molecule has 1 heterocycles. The molecule has 6 heteroatoms. The molecule has 5 rings (SSSR count). The fraction of sp³-hybridized carbons (Fsp3) is 0.0690. The van der Waals surface area contributed by atoms with Crippen LogP contribution < -0.4 is 0 Å². The Morgan fingerprint density at radius 3 is 1.74 bits per heavy atom. The maximum Gasteiger partial charge on any atom is 0.173 e. The van der Waals surface area contributed by atoms with E-state index in [2.05, 4.69) is 41.4 Å². The van der Waals surface area contributed by atoms with Crippen LogP contribution in [0.2, 0.25) is 10.0 Å². The number of benzene rings is 4. The minimum absolute atomic E-state index is 0.238. The molecule has 0 aliphatic heterocycles. The van der Waals surface area contributed by atoms with Crippen molar-refractivity contribution in [3.8, 4) is 0 Å². The van der Waals surface area contributed by atoms with Crippen LogP contribution in [0.3, 0.4) is 0 Å². The lowest BCUT2D eigenvalue weighted by Crippen LogP contribution is -2.32. The van der Waals surface area contributed by atoms with E-state index in [1.807, 2.05) is 54.6 Å². The monoisotopic (exact) mass is 516 g/mol. The first-order chi connectivity index (χ1) is 17.1. The van der Waals surface area contributed by atoms with Gasteiger partial charge in [0.1, 0.15) is 16.3 Å². The van der Waals surface area contributed by atoms with Gasteiger partial charge in [-0.2, -0.15) is 0 Å². The summed E-state index contributed by atoms with van der Waals surface area (Å²) in [5.74, 6) is 0.993. The van der Waals surface area contributed by atoms with Crippen LogP contribution in [0.1, 0.15) is 28.2 Å².